The fourth-order valence-electron chi connectivity index (χ4n) is 4.24. The van der Waals surface area contributed by atoms with Gasteiger partial charge in [0.15, 0.2) is 0 Å². The van der Waals surface area contributed by atoms with Gasteiger partial charge in [0.25, 0.3) is 5.91 Å². The minimum absolute atomic E-state index is 0.0277. The van der Waals surface area contributed by atoms with E-state index in [1.54, 1.807) is 15.4 Å². The number of amides is 1. The Bertz CT molecular complexity index is 1300. The minimum Gasteiger partial charge on any atom is -0.377 e. The number of benzene rings is 1. The first kappa shape index (κ1) is 20.5. The third-order valence-electron chi connectivity index (χ3n) is 6.07. The number of nitrogens with one attached hydrogen (secondary N) is 1. The van der Waals surface area contributed by atoms with Gasteiger partial charge in [-0.2, -0.15) is 10.2 Å². The van der Waals surface area contributed by atoms with E-state index in [-0.39, 0.29) is 17.5 Å². The largest absolute Gasteiger partial charge is 0.377 e. The van der Waals surface area contributed by atoms with Crippen LogP contribution in [0.3, 0.4) is 0 Å². The lowest BCUT2D eigenvalue weighted by Gasteiger charge is -2.20. The number of fused-ring (bicyclic) bond motifs is 1. The van der Waals surface area contributed by atoms with Crippen molar-refractivity contribution < 1.29 is 9.18 Å². The lowest BCUT2D eigenvalue weighted by atomic mass is 10.1. The monoisotopic (exact) mass is 452 g/mol. The van der Waals surface area contributed by atoms with E-state index in [0.717, 1.165) is 23.4 Å². The number of anilines is 1. The number of alkyl halides is 1. The maximum absolute atomic E-state index is 14.6. The molecule has 7 nitrogen and oxygen atoms in total. The van der Waals surface area contributed by atoms with Crippen LogP contribution in [0.1, 0.15) is 30.1 Å². The predicted octanol–water partition coefficient (Wildman–Crippen LogP) is 4.49. The van der Waals surface area contributed by atoms with E-state index < -0.39 is 12.1 Å². The SMILES string of the molecule is C[C@H]1CC[C@@H](Nc2c(C(N)=O)cnn3cc(-n4ccc(-c5ccc(Cl)cc5)n4)cc23)[C@H]1F. The Hall–Kier alpha value is -3.39. The van der Waals surface area contributed by atoms with Gasteiger partial charge in [0.2, 0.25) is 0 Å². The maximum Gasteiger partial charge on any atom is 0.252 e. The second-order valence-corrected chi connectivity index (χ2v) is 8.66. The van der Waals surface area contributed by atoms with Crippen molar-refractivity contribution in [2.24, 2.45) is 11.7 Å². The second kappa shape index (κ2) is 7.94. The van der Waals surface area contributed by atoms with Crippen LogP contribution in [0.2, 0.25) is 5.02 Å². The lowest BCUT2D eigenvalue weighted by Crippen LogP contribution is -2.29. The Morgan fingerprint density at radius 2 is 2.03 bits per heavy atom. The van der Waals surface area contributed by atoms with Gasteiger partial charge in [0, 0.05) is 16.8 Å². The first-order chi connectivity index (χ1) is 15.4. The molecule has 3 N–H and O–H groups in total. The Balaban J connectivity index is 1.54. The van der Waals surface area contributed by atoms with Crippen LogP contribution in [0.25, 0.3) is 22.5 Å². The molecule has 1 amide bonds. The van der Waals surface area contributed by atoms with Gasteiger partial charge < -0.3 is 11.1 Å². The van der Waals surface area contributed by atoms with Gasteiger partial charge in [-0.05, 0) is 43.0 Å². The molecule has 1 fully saturated rings. The van der Waals surface area contributed by atoms with Crippen LogP contribution in [-0.2, 0) is 0 Å². The molecule has 9 heteroatoms. The molecule has 32 heavy (non-hydrogen) atoms. The van der Waals surface area contributed by atoms with Crippen molar-refractivity contribution in [2.45, 2.75) is 32.0 Å². The number of aromatic nitrogens is 4. The van der Waals surface area contributed by atoms with Crippen molar-refractivity contribution in [3.63, 3.8) is 0 Å². The number of nitrogens with zero attached hydrogens (tertiary/aromatic N) is 4. The van der Waals surface area contributed by atoms with E-state index in [4.69, 9.17) is 17.3 Å². The summed E-state index contributed by atoms with van der Waals surface area (Å²) in [6, 6.07) is 10.8. The molecule has 1 aromatic carbocycles. The number of carbonyl (C=O) groups excluding carboxylic acids is 1. The zero-order valence-corrected chi connectivity index (χ0v) is 18.1. The van der Waals surface area contributed by atoms with Crippen LogP contribution in [0.4, 0.5) is 10.1 Å². The molecule has 3 atom stereocenters. The van der Waals surface area contributed by atoms with Crippen LogP contribution < -0.4 is 11.1 Å². The van der Waals surface area contributed by atoms with Crippen molar-refractivity contribution in [2.75, 3.05) is 5.32 Å². The number of rotatable bonds is 5. The lowest BCUT2D eigenvalue weighted by molar-refractivity contribution is 0.100. The summed E-state index contributed by atoms with van der Waals surface area (Å²) in [5.74, 6) is -0.643. The molecule has 0 spiro atoms. The van der Waals surface area contributed by atoms with Crippen molar-refractivity contribution >= 4 is 28.7 Å². The Morgan fingerprint density at radius 1 is 1.25 bits per heavy atom. The highest BCUT2D eigenvalue weighted by molar-refractivity contribution is 6.30. The molecule has 164 valence electrons. The van der Waals surface area contributed by atoms with E-state index in [9.17, 15) is 9.18 Å². The summed E-state index contributed by atoms with van der Waals surface area (Å²) in [5, 5.41) is 12.9. The van der Waals surface area contributed by atoms with E-state index in [1.165, 1.54) is 6.20 Å². The van der Waals surface area contributed by atoms with Gasteiger partial charge in [-0.25, -0.2) is 13.6 Å². The van der Waals surface area contributed by atoms with Crippen LogP contribution in [0, 0.1) is 5.92 Å². The number of halogens is 2. The van der Waals surface area contributed by atoms with E-state index >= 15 is 0 Å². The van der Waals surface area contributed by atoms with Gasteiger partial charge >= 0.3 is 0 Å². The number of hydrogen-bond acceptors (Lipinski definition) is 4. The molecule has 0 aliphatic heterocycles. The third-order valence-corrected chi connectivity index (χ3v) is 6.32. The molecule has 4 aromatic rings. The smallest absolute Gasteiger partial charge is 0.252 e. The van der Waals surface area contributed by atoms with Crippen LogP contribution in [0.15, 0.2) is 55.0 Å². The van der Waals surface area contributed by atoms with Gasteiger partial charge in [0.1, 0.15) is 6.17 Å². The first-order valence-corrected chi connectivity index (χ1v) is 10.8. The average molecular weight is 453 g/mol. The normalized spacial score (nSPS) is 20.7. The molecule has 0 saturated heterocycles. The van der Waals surface area contributed by atoms with Gasteiger partial charge in [-0.15, -0.1) is 0 Å². The first-order valence-electron chi connectivity index (χ1n) is 10.4. The van der Waals surface area contributed by atoms with E-state index in [2.05, 4.69) is 15.5 Å². The molecule has 0 unspecified atom stereocenters. The minimum atomic E-state index is -0.994. The van der Waals surface area contributed by atoms with E-state index in [0.29, 0.717) is 22.6 Å². The summed E-state index contributed by atoms with van der Waals surface area (Å²) in [7, 11) is 0. The zero-order chi connectivity index (χ0) is 22.4. The second-order valence-electron chi connectivity index (χ2n) is 8.23. The highest BCUT2D eigenvalue weighted by Crippen LogP contribution is 2.33. The zero-order valence-electron chi connectivity index (χ0n) is 17.4. The number of nitrogens with two attached hydrogens (primary N) is 1. The van der Waals surface area contributed by atoms with Gasteiger partial charge in [0.05, 0.1) is 46.6 Å². The highest BCUT2D eigenvalue weighted by Gasteiger charge is 2.34. The standard InChI is InChI=1S/C23H22ClFN6O/c1-13-2-7-19(21(13)25)28-22-17(23(26)32)11-27-31-12-16(10-20(22)31)30-9-8-18(29-30)14-3-5-15(24)6-4-14/h3-6,8-13,19,21,28H,2,7H2,1H3,(H2,26,32)/t13-,19+,21-/m0/s1. The van der Waals surface area contributed by atoms with Crippen molar-refractivity contribution in [3.05, 3.63) is 65.6 Å². The fourth-order valence-corrected chi connectivity index (χ4v) is 4.37. The van der Waals surface area contributed by atoms with Gasteiger partial charge in [-0.3, -0.25) is 4.79 Å². The Kier molecular flexibility index (Phi) is 5.09. The van der Waals surface area contributed by atoms with Crippen LogP contribution >= 0.6 is 11.6 Å². The summed E-state index contributed by atoms with van der Waals surface area (Å²) in [6.45, 7) is 1.90. The van der Waals surface area contributed by atoms with Gasteiger partial charge in [-0.1, -0.05) is 30.7 Å². The van der Waals surface area contributed by atoms with Crippen LogP contribution in [-0.4, -0.2) is 37.5 Å². The Labute approximate surface area is 189 Å². The molecule has 3 heterocycles. The van der Waals surface area contributed by atoms with E-state index in [1.807, 2.05) is 49.5 Å². The predicted molar refractivity (Wildman–Crippen MR) is 122 cm³/mol. The highest BCUT2D eigenvalue weighted by atomic mass is 35.5. The topological polar surface area (TPSA) is 90.2 Å². The number of primary amides is 1. The third kappa shape index (κ3) is 3.60. The summed E-state index contributed by atoms with van der Waals surface area (Å²) in [6.07, 6.45) is 5.54. The van der Waals surface area contributed by atoms with Crippen molar-refractivity contribution in [3.8, 4) is 16.9 Å². The number of carbonyl (C=O) groups is 1. The maximum atomic E-state index is 14.6. The summed E-state index contributed by atoms with van der Waals surface area (Å²) < 4.78 is 18.0. The molecule has 5 rings (SSSR count). The summed E-state index contributed by atoms with van der Waals surface area (Å²) in [5.41, 5.74) is 9.43. The number of hydrogen-bond donors (Lipinski definition) is 2. The van der Waals surface area contributed by atoms with Crippen LogP contribution in [0.5, 0.6) is 0 Å². The molecule has 1 aliphatic rings. The summed E-state index contributed by atoms with van der Waals surface area (Å²) >= 11 is 5.98. The molecular weight excluding hydrogens is 431 g/mol. The summed E-state index contributed by atoms with van der Waals surface area (Å²) in [4.78, 5) is 12.1. The molecule has 0 bridgehead atoms. The average Bonchev–Trinajstić information content (AvgIpc) is 3.49. The molecule has 0 radical (unpaired) electrons. The van der Waals surface area contributed by atoms with Crippen molar-refractivity contribution in [1.82, 2.24) is 19.4 Å². The fraction of sp³-hybridized carbons (Fsp3) is 0.261. The molecular formula is C23H22ClFN6O. The molecule has 3 aromatic heterocycles. The molecule has 1 aliphatic carbocycles. The Morgan fingerprint density at radius 3 is 2.72 bits per heavy atom. The van der Waals surface area contributed by atoms with Crippen molar-refractivity contribution in [1.29, 1.82) is 0 Å². The molecule has 1 saturated carbocycles. The quantitative estimate of drug-likeness (QED) is 0.467.